The summed E-state index contributed by atoms with van der Waals surface area (Å²) in [5.41, 5.74) is 1.17. The topological polar surface area (TPSA) is 37.4 Å². The van der Waals surface area contributed by atoms with Crippen molar-refractivity contribution < 1.29 is 4.74 Å². The molecular weight excluding hydrogens is 262 g/mol. The molecule has 0 saturated carbocycles. The molecule has 21 heavy (non-hydrogen) atoms. The third-order valence-electron chi connectivity index (χ3n) is 3.58. The van der Waals surface area contributed by atoms with Crippen molar-refractivity contribution in [1.29, 1.82) is 0 Å². The molecule has 4 heteroatoms. The van der Waals surface area contributed by atoms with Crippen molar-refractivity contribution in [2.24, 2.45) is 5.92 Å². The number of nitrogens with one attached hydrogen (secondary N) is 1. The molecule has 1 aliphatic heterocycles. The van der Waals surface area contributed by atoms with Gasteiger partial charge in [-0.15, -0.1) is 0 Å². The largest absolute Gasteiger partial charge is 0.369 e. The number of anilines is 1. The molecule has 4 nitrogen and oxygen atoms in total. The second kappa shape index (κ2) is 6.75. The van der Waals surface area contributed by atoms with Crippen LogP contribution in [0.5, 0.6) is 0 Å². The number of hydrogen-bond donors (Lipinski definition) is 1. The maximum Gasteiger partial charge on any atom is 0.128 e. The van der Waals surface area contributed by atoms with E-state index in [-0.39, 0.29) is 11.7 Å². The molecule has 0 radical (unpaired) electrons. The molecule has 0 bridgehead atoms. The fourth-order valence-corrected chi connectivity index (χ4v) is 2.88. The van der Waals surface area contributed by atoms with Crippen molar-refractivity contribution >= 4 is 5.82 Å². The van der Waals surface area contributed by atoms with E-state index in [4.69, 9.17) is 4.74 Å². The molecule has 1 aromatic rings. The molecule has 0 aromatic carbocycles. The summed E-state index contributed by atoms with van der Waals surface area (Å²) in [5.74, 6) is 1.73. The summed E-state index contributed by atoms with van der Waals surface area (Å²) in [6.07, 6.45) is 2.15. The lowest BCUT2D eigenvalue weighted by Gasteiger charge is -2.42. The van der Waals surface area contributed by atoms with E-state index in [9.17, 15) is 0 Å². The number of aromatic nitrogens is 1. The number of rotatable bonds is 5. The van der Waals surface area contributed by atoms with Gasteiger partial charge in [0.25, 0.3) is 0 Å². The first kappa shape index (κ1) is 16.2. The van der Waals surface area contributed by atoms with Gasteiger partial charge in [-0.1, -0.05) is 13.8 Å². The van der Waals surface area contributed by atoms with Gasteiger partial charge < -0.3 is 15.0 Å². The van der Waals surface area contributed by atoms with E-state index in [0.29, 0.717) is 5.92 Å². The van der Waals surface area contributed by atoms with Gasteiger partial charge in [0.1, 0.15) is 5.82 Å². The van der Waals surface area contributed by atoms with Crippen molar-refractivity contribution in [1.82, 2.24) is 10.3 Å². The van der Waals surface area contributed by atoms with E-state index in [1.54, 1.807) is 0 Å². The van der Waals surface area contributed by atoms with Crippen molar-refractivity contribution in [3.8, 4) is 0 Å². The van der Waals surface area contributed by atoms with Crippen LogP contribution in [0.4, 0.5) is 5.82 Å². The summed E-state index contributed by atoms with van der Waals surface area (Å²) in [4.78, 5) is 6.88. The predicted molar refractivity (Wildman–Crippen MR) is 87.6 cm³/mol. The van der Waals surface area contributed by atoms with Gasteiger partial charge in [0.05, 0.1) is 11.7 Å². The average Bonchev–Trinajstić information content (AvgIpc) is 2.36. The fourth-order valence-electron chi connectivity index (χ4n) is 2.88. The van der Waals surface area contributed by atoms with Gasteiger partial charge in [-0.2, -0.15) is 0 Å². The van der Waals surface area contributed by atoms with Gasteiger partial charge in [-0.05, 0) is 50.9 Å². The highest BCUT2D eigenvalue weighted by atomic mass is 16.5. The minimum absolute atomic E-state index is 0.120. The van der Waals surface area contributed by atoms with Crippen LogP contribution < -0.4 is 10.2 Å². The molecular formula is C17H29N3O. The minimum atomic E-state index is -0.120. The van der Waals surface area contributed by atoms with Crippen LogP contribution in [-0.2, 0) is 11.3 Å². The summed E-state index contributed by atoms with van der Waals surface area (Å²) < 4.78 is 5.97. The Labute approximate surface area is 128 Å². The highest BCUT2D eigenvalue weighted by molar-refractivity contribution is 5.42. The van der Waals surface area contributed by atoms with Crippen LogP contribution in [0, 0.1) is 5.92 Å². The Kier molecular flexibility index (Phi) is 5.22. The van der Waals surface area contributed by atoms with Gasteiger partial charge in [0.15, 0.2) is 0 Å². The maximum atomic E-state index is 5.97. The summed E-state index contributed by atoms with van der Waals surface area (Å²) in [5, 5.41) is 3.49. The molecule has 0 aliphatic carbocycles. The Morgan fingerprint density at radius 3 is 2.90 bits per heavy atom. The summed E-state index contributed by atoms with van der Waals surface area (Å²) in [6, 6.07) is 4.29. The van der Waals surface area contributed by atoms with Crippen LogP contribution in [0.3, 0.4) is 0 Å². The molecule has 2 heterocycles. The first-order valence-corrected chi connectivity index (χ1v) is 7.94. The Hall–Kier alpha value is -1.13. The molecule has 1 aromatic heterocycles. The van der Waals surface area contributed by atoms with E-state index in [1.807, 2.05) is 6.20 Å². The molecule has 0 amide bonds. The molecule has 1 saturated heterocycles. The second-order valence-corrected chi connectivity index (χ2v) is 7.12. The Morgan fingerprint density at radius 1 is 1.48 bits per heavy atom. The lowest BCUT2D eigenvalue weighted by Crippen LogP contribution is -2.52. The highest BCUT2D eigenvalue weighted by Crippen LogP contribution is 2.25. The molecule has 1 N–H and O–H groups in total. The van der Waals surface area contributed by atoms with Gasteiger partial charge in [0.2, 0.25) is 0 Å². The highest BCUT2D eigenvalue weighted by Gasteiger charge is 2.31. The summed E-state index contributed by atoms with van der Waals surface area (Å²) in [6.45, 7) is 14.6. The quantitative estimate of drug-likeness (QED) is 0.905. The molecule has 1 unspecified atom stereocenters. The molecule has 1 atom stereocenters. The van der Waals surface area contributed by atoms with E-state index >= 15 is 0 Å². The van der Waals surface area contributed by atoms with E-state index in [1.165, 1.54) is 5.56 Å². The van der Waals surface area contributed by atoms with Crippen molar-refractivity contribution in [2.75, 3.05) is 24.5 Å². The minimum Gasteiger partial charge on any atom is -0.369 e. The lowest BCUT2D eigenvalue weighted by atomic mass is 10.1. The zero-order chi connectivity index (χ0) is 15.5. The fraction of sp³-hybridized carbons (Fsp3) is 0.706. The van der Waals surface area contributed by atoms with Crippen LogP contribution >= 0.6 is 0 Å². The molecule has 0 spiro atoms. The Balaban J connectivity index is 2.03. The average molecular weight is 291 g/mol. The van der Waals surface area contributed by atoms with Gasteiger partial charge in [0, 0.05) is 25.8 Å². The van der Waals surface area contributed by atoms with Gasteiger partial charge in [-0.3, -0.25) is 0 Å². The zero-order valence-corrected chi connectivity index (χ0v) is 14.0. The molecule has 1 fully saturated rings. The van der Waals surface area contributed by atoms with E-state index in [2.05, 4.69) is 62.0 Å². The number of nitrogens with zero attached hydrogens (tertiary/aromatic N) is 2. The third kappa shape index (κ3) is 4.97. The van der Waals surface area contributed by atoms with Gasteiger partial charge in [-0.25, -0.2) is 4.98 Å². The summed E-state index contributed by atoms with van der Waals surface area (Å²) in [7, 11) is 0. The first-order chi connectivity index (χ1) is 9.85. The molecule has 1 aliphatic rings. The van der Waals surface area contributed by atoms with Crippen molar-refractivity contribution in [3.63, 3.8) is 0 Å². The van der Waals surface area contributed by atoms with E-state index < -0.39 is 0 Å². The third-order valence-corrected chi connectivity index (χ3v) is 3.58. The molecule has 2 rings (SSSR count). The Morgan fingerprint density at radius 2 is 2.24 bits per heavy atom. The van der Waals surface area contributed by atoms with E-state index in [0.717, 1.165) is 32.0 Å². The van der Waals surface area contributed by atoms with Crippen LogP contribution in [0.1, 0.15) is 40.2 Å². The summed E-state index contributed by atoms with van der Waals surface area (Å²) >= 11 is 0. The Bertz CT molecular complexity index is 459. The zero-order valence-electron chi connectivity index (χ0n) is 14.0. The second-order valence-electron chi connectivity index (χ2n) is 7.12. The monoisotopic (exact) mass is 291 g/mol. The number of hydrogen-bond acceptors (Lipinski definition) is 4. The lowest BCUT2D eigenvalue weighted by molar-refractivity contribution is -0.0751. The van der Waals surface area contributed by atoms with Crippen LogP contribution in [-0.4, -0.2) is 36.3 Å². The van der Waals surface area contributed by atoms with Crippen LogP contribution in [0.25, 0.3) is 0 Å². The van der Waals surface area contributed by atoms with Crippen LogP contribution in [0.15, 0.2) is 18.3 Å². The number of ether oxygens (including phenoxy) is 1. The molecule has 118 valence electrons. The van der Waals surface area contributed by atoms with Crippen molar-refractivity contribution in [3.05, 3.63) is 23.9 Å². The normalized spacial score (nSPS) is 21.8. The first-order valence-electron chi connectivity index (χ1n) is 7.94. The standard InChI is InChI=1S/C17H29N3O/c1-13(2)9-18-10-15-6-7-19-16(8-15)20-11-14(3)21-17(4,5)12-20/h6-8,13-14,18H,9-12H2,1-5H3. The smallest absolute Gasteiger partial charge is 0.128 e. The van der Waals surface area contributed by atoms with Crippen molar-refractivity contribution in [2.45, 2.75) is 52.9 Å². The van der Waals surface area contributed by atoms with Crippen LogP contribution in [0.2, 0.25) is 0 Å². The maximum absolute atomic E-state index is 5.97. The van der Waals surface area contributed by atoms with Gasteiger partial charge >= 0.3 is 0 Å². The SMILES string of the molecule is CC(C)CNCc1ccnc(N2CC(C)OC(C)(C)C2)c1. The number of pyridine rings is 1. The predicted octanol–water partition coefficient (Wildman–Crippen LogP) is 2.83. The number of morpholine rings is 1.